The number of carboxylic acids is 1. The van der Waals surface area contributed by atoms with Crippen molar-refractivity contribution in [3.63, 3.8) is 0 Å². The number of aromatic carboxylic acids is 1. The molecule has 0 aliphatic rings. The van der Waals surface area contributed by atoms with E-state index in [1.165, 1.54) is 0 Å². The summed E-state index contributed by atoms with van der Waals surface area (Å²) in [7, 11) is 3.12. The molecule has 7 heteroatoms. The molecule has 0 saturated heterocycles. The van der Waals surface area contributed by atoms with Gasteiger partial charge in [-0.15, -0.1) is 23.7 Å². The molecule has 2 aromatic rings. The summed E-state index contributed by atoms with van der Waals surface area (Å²) in [6, 6.07) is 5.37. The van der Waals surface area contributed by atoms with Crippen LogP contribution < -0.4 is 9.47 Å². The lowest BCUT2D eigenvalue weighted by molar-refractivity contribution is 0.0701. The average molecular weight is 316 g/mol. The Kier molecular flexibility index (Phi) is 5.35. The van der Waals surface area contributed by atoms with E-state index in [-0.39, 0.29) is 17.3 Å². The first kappa shape index (κ1) is 16.3. The first-order valence-electron chi connectivity index (χ1n) is 5.50. The summed E-state index contributed by atoms with van der Waals surface area (Å²) in [5.41, 5.74) is 1.32. The number of rotatable bonds is 4. The number of hydrogen-bond acceptors (Lipinski definition) is 5. The van der Waals surface area contributed by atoms with Crippen LogP contribution in [-0.2, 0) is 0 Å². The molecule has 1 aromatic heterocycles. The number of halogens is 1. The summed E-state index contributed by atoms with van der Waals surface area (Å²) in [4.78, 5) is 15.5. The van der Waals surface area contributed by atoms with Crippen LogP contribution in [0.4, 0.5) is 0 Å². The summed E-state index contributed by atoms with van der Waals surface area (Å²) >= 11 is 1.15. The zero-order chi connectivity index (χ0) is 14.0. The van der Waals surface area contributed by atoms with E-state index in [4.69, 9.17) is 14.6 Å². The van der Waals surface area contributed by atoms with Crippen LogP contribution in [0.5, 0.6) is 11.5 Å². The van der Waals surface area contributed by atoms with Crippen molar-refractivity contribution >= 4 is 29.7 Å². The Bertz CT molecular complexity index is 627. The van der Waals surface area contributed by atoms with Crippen molar-refractivity contribution in [2.24, 2.45) is 0 Å². The molecule has 0 spiro atoms. The van der Waals surface area contributed by atoms with Crippen molar-refractivity contribution < 1.29 is 19.4 Å². The standard InChI is InChI=1S/C13H13NO4S.ClH/c1-7-11(13(15)16)19-12(14-7)8-4-5-9(17-2)10(6-8)18-3;/h4-6H,1-3H3,(H,15,16);1H. The monoisotopic (exact) mass is 315 g/mol. The van der Waals surface area contributed by atoms with E-state index in [0.717, 1.165) is 16.9 Å². The molecule has 20 heavy (non-hydrogen) atoms. The highest BCUT2D eigenvalue weighted by atomic mass is 35.5. The summed E-state index contributed by atoms with van der Waals surface area (Å²) in [5.74, 6) is 0.254. The van der Waals surface area contributed by atoms with Crippen molar-refractivity contribution in [1.82, 2.24) is 4.98 Å². The molecular weight excluding hydrogens is 302 g/mol. The Balaban J connectivity index is 0.00000200. The van der Waals surface area contributed by atoms with Crippen molar-refractivity contribution in [2.75, 3.05) is 14.2 Å². The van der Waals surface area contributed by atoms with E-state index >= 15 is 0 Å². The lowest BCUT2D eigenvalue weighted by atomic mass is 10.2. The third-order valence-electron chi connectivity index (χ3n) is 2.62. The first-order valence-corrected chi connectivity index (χ1v) is 6.31. The average Bonchev–Trinajstić information content (AvgIpc) is 2.80. The molecule has 5 nitrogen and oxygen atoms in total. The summed E-state index contributed by atoms with van der Waals surface area (Å²) in [5, 5.41) is 9.68. The van der Waals surface area contributed by atoms with Crippen molar-refractivity contribution in [3.8, 4) is 22.1 Å². The van der Waals surface area contributed by atoms with Gasteiger partial charge in [0.25, 0.3) is 0 Å². The Labute approximate surface area is 126 Å². The Morgan fingerprint density at radius 2 is 1.90 bits per heavy atom. The fraction of sp³-hybridized carbons (Fsp3) is 0.231. The Morgan fingerprint density at radius 3 is 2.40 bits per heavy atom. The molecule has 0 bridgehead atoms. The Morgan fingerprint density at radius 1 is 1.25 bits per heavy atom. The molecule has 1 aromatic carbocycles. The van der Waals surface area contributed by atoms with E-state index < -0.39 is 5.97 Å². The van der Waals surface area contributed by atoms with Gasteiger partial charge in [-0.3, -0.25) is 0 Å². The maximum atomic E-state index is 11.0. The predicted molar refractivity (Wildman–Crippen MR) is 79.6 cm³/mol. The number of ether oxygens (including phenoxy) is 2. The SMILES string of the molecule is COc1ccc(-c2nc(C)c(C(=O)O)s2)cc1OC.Cl. The number of aromatic nitrogens is 1. The molecule has 0 saturated carbocycles. The molecular formula is C13H14ClNO4S. The van der Waals surface area contributed by atoms with Gasteiger partial charge < -0.3 is 14.6 Å². The second-order valence-electron chi connectivity index (χ2n) is 3.81. The second-order valence-corrected chi connectivity index (χ2v) is 4.81. The quantitative estimate of drug-likeness (QED) is 0.938. The maximum absolute atomic E-state index is 11.0. The van der Waals surface area contributed by atoms with E-state index in [2.05, 4.69) is 4.98 Å². The number of carbonyl (C=O) groups is 1. The molecule has 0 fully saturated rings. The van der Waals surface area contributed by atoms with Gasteiger partial charge in [0.15, 0.2) is 11.5 Å². The molecule has 0 amide bonds. The van der Waals surface area contributed by atoms with Gasteiger partial charge >= 0.3 is 5.97 Å². The van der Waals surface area contributed by atoms with E-state index in [0.29, 0.717) is 22.2 Å². The third kappa shape index (κ3) is 3.02. The zero-order valence-corrected chi connectivity index (χ0v) is 12.8. The number of thiazole rings is 1. The van der Waals surface area contributed by atoms with Gasteiger partial charge in [0.05, 0.1) is 19.9 Å². The molecule has 1 heterocycles. The van der Waals surface area contributed by atoms with Gasteiger partial charge in [0.2, 0.25) is 0 Å². The van der Waals surface area contributed by atoms with Crippen LogP contribution >= 0.6 is 23.7 Å². The molecule has 1 N–H and O–H groups in total. The zero-order valence-electron chi connectivity index (χ0n) is 11.2. The largest absolute Gasteiger partial charge is 0.493 e. The van der Waals surface area contributed by atoms with Gasteiger partial charge in [-0.05, 0) is 25.1 Å². The lowest BCUT2D eigenvalue weighted by Gasteiger charge is -2.08. The van der Waals surface area contributed by atoms with Gasteiger partial charge in [-0.2, -0.15) is 0 Å². The van der Waals surface area contributed by atoms with Gasteiger partial charge in [0.1, 0.15) is 9.88 Å². The molecule has 0 aliphatic heterocycles. The summed E-state index contributed by atoms with van der Waals surface area (Å²) in [6.07, 6.45) is 0. The number of carboxylic acid groups (broad SMARTS) is 1. The normalized spacial score (nSPS) is 9.75. The number of nitrogens with zero attached hydrogens (tertiary/aromatic N) is 1. The maximum Gasteiger partial charge on any atom is 0.347 e. The summed E-state index contributed by atoms with van der Waals surface area (Å²) < 4.78 is 10.4. The van der Waals surface area contributed by atoms with Gasteiger partial charge in [0, 0.05) is 5.56 Å². The number of hydrogen-bond donors (Lipinski definition) is 1. The van der Waals surface area contributed by atoms with Crippen LogP contribution in [0.25, 0.3) is 10.6 Å². The van der Waals surface area contributed by atoms with Crippen LogP contribution in [0.15, 0.2) is 18.2 Å². The topological polar surface area (TPSA) is 68.7 Å². The van der Waals surface area contributed by atoms with Crippen LogP contribution in [0.3, 0.4) is 0 Å². The van der Waals surface area contributed by atoms with Gasteiger partial charge in [-0.1, -0.05) is 0 Å². The van der Waals surface area contributed by atoms with Crippen LogP contribution in [-0.4, -0.2) is 30.3 Å². The number of methoxy groups -OCH3 is 2. The fourth-order valence-electron chi connectivity index (χ4n) is 1.69. The smallest absolute Gasteiger partial charge is 0.347 e. The van der Waals surface area contributed by atoms with Crippen LogP contribution in [0.1, 0.15) is 15.4 Å². The highest BCUT2D eigenvalue weighted by Gasteiger charge is 2.16. The minimum absolute atomic E-state index is 0. The van der Waals surface area contributed by atoms with Crippen molar-refractivity contribution in [1.29, 1.82) is 0 Å². The van der Waals surface area contributed by atoms with Crippen LogP contribution in [0, 0.1) is 6.92 Å². The highest BCUT2D eigenvalue weighted by Crippen LogP contribution is 2.34. The fourth-order valence-corrected chi connectivity index (χ4v) is 2.59. The number of aryl methyl sites for hydroxylation is 1. The summed E-state index contributed by atoms with van der Waals surface area (Å²) in [6.45, 7) is 1.68. The molecule has 0 radical (unpaired) electrons. The third-order valence-corrected chi connectivity index (χ3v) is 3.82. The van der Waals surface area contributed by atoms with E-state index in [9.17, 15) is 4.79 Å². The van der Waals surface area contributed by atoms with Crippen LogP contribution in [0.2, 0.25) is 0 Å². The van der Waals surface area contributed by atoms with Crippen molar-refractivity contribution in [3.05, 3.63) is 28.8 Å². The predicted octanol–water partition coefficient (Wildman–Crippen LogP) is 3.26. The van der Waals surface area contributed by atoms with Gasteiger partial charge in [-0.25, -0.2) is 9.78 Å². The molecule has 108 valence electrons. The lowest BCUT2D eigenvalue weighted by Crippen LogP contribution is -1.94. The van der Waals surface area contributed by atoms with E-state index in [1.807, 2.05) is 6.07 Å². The highest BCUT2D eigenvalue weighted by molar-refractivity contribution is 7.17. The second kappa shape index (κ2) is 6.58. The molecule has 0 unspecified atom stereocenters. The van der Waals surface area contributed by atoms with E-state index in [1.54, 1.807) is 33.3 Å². The minimum Gasteiger partial charge on any atom is -0.493 e. The number of benzene rings is 1. The van der Waals surface area contributed by atoms with Crippen molar-refractivity contribution in [2.45, 2.75) is 6.92 Å². The first-order chi connectivity index (χ1) is 9.06. The molecule has 0 atom stereocenters. The minimum atomic E-state index is -0.957. The molecule has 0 aliphatic carbocycles. The Hall–Kier alpha value is -1.79. The molecule has 2 rings (SSSR count).